The van der Waals surface area contributed by atoms with Gasteiger partial charge in [-0.05, 0) is 32.6 Å². The van der Waals surface area contributed by atoms with Gasteiger partial charge in [0, 0.05) is 13.1 Å². The van der Waals surface area contributed by atoms with Gasteiger partial charge in [-0.1, -0.05) is 19.1 Å². The van der Waals surface area contributed by atoms with E-state index in [1.165, 1.54) is 5.52 Å². The van der Waals surface area contributed by atoms with Gasteiger partial charge in [-0.15, -0.1) is 0 Å². The van der Waals surface area contributed by atoms with Crippen LogP contribution in [0.2, 0.25) is 0 Å². The molecule has 2 aromatic rings. The molecule has 4 nitrogen and oxygen atoms in total. The van der Waals surface area contributed by atoms with Crippen LogP contribution in [0.4, 0.5) is 0 Å². The third-order valence-corrected chi connectivity index (χ3v) is 3.23. The SMILES string of the molecule is CCC(N)c1nc2ccccc2n1CCN(C)C. The number of benzene rings is 1. The third kappa shape index (κ3) is 2.54. The zero-order valence-corrected chi connectivity index (χ0v) is 11.4. The van der Waals surface area contributed by atoms with Crippen LogP contribution in [-0.4, -0.2) is 35.1 Å². The molecule has 4 heteroatoms. The van der Waals surface area contributed by atoms with Gasteiger partial charge in [0.05, 0.1) is 17.1 Å². The minimum Gasteiger partial charge on any atom is -0.325 e. The molecule has 0 saturated carbocycles. The van der Waals surface area contributed by atoms with Gasteiger partial charge in [0.25, 0.3) is 0 Å². The molecular weight excluding hydrogens is 224 g/mol. The number of aromatic nitrogens is 2. The van der Waals surface area contributed by atoms with Crippen LogP contribution < -0.4 is 5.73 Å². The van der Waals surface area contributed by atoms with Crippen molar-refractivity contribution in [3.05, 3.63) is 30.1 Å². The largest absolute Gasteiger partial charge is 0.325 e. The maximum Gasteiger partial charge on any atom is 0.126 e. The highest BCUT2D eigenvalue weighted by Gasteiger charge is 2.15. The van der Waals surface area contributed by atoms with E-state index in [1.807, 2.05) is 12.1 Å². The van der Waals surface area contributed by atoms with Crippen molar-refractivity contribution in [1.29, 1.82) is 0 Å². The smallest absolute Gasteiger partial charge is 0.126 e. The Morgan fingerprint density at radius 2 is 2.06 bits per heavy atom. The number of hydrogen-bond acceptors (Lipinski definition) is 3. The fraction of sp³-hybridized carbons (Fsp3) is 0.500. The highest BCUT2D eigenvalue weighted by Crippen LogP contribution is 2.21. The Morgan fingerprint density at radius 1 is 1.33 bits per heavy atom. The molecule has 18 heavy (non-hydrogen) atoms. The molecule has 0 fully saturated rings. The van der Waals surface area contributed by atoms with Crippen LogP contribution in [0.25, 0.3) is 11.0 Å². The monoisotopic (exact) mass is 246 g/mol. The summed E-state index contributed by atoms with van der Waals surface area (Å²) in [5.41, 5.74) is 8.38. The molecule has 2 rings (SSSR count). The van der Waals surface area contributed by atoms with Gasteiger partial charge in [0.15, 0.2) is 0 Å². The van der Waals surface area contributed by atoms with E-state index in [1.54, 1.807) is 0 Å². The van der Waals surface area contributed by atoms with Gasteiger partial charge < -0.3 is 15.2 Å². The molecule has 1 heterocycles. The Balaban J connectivity index is 2.44. The lowest BCUT2D eigenvalue weighted by molar-refractivity contribution is 0.380. The van der Waals surface area contributed by atoms with Crippen LogP contribution in [0.15, 0.2) is 24.3 Å². The fourth-order valence-electron chi connectivity index (χ4n) is 2.09. The Labute approximate surface area is 108 Å². The van der Waals surface area contributed by atoms with Crippen LogP contribution in [0.5, 0.6) is 0 Å². The number of likely N-dealkylation sites (N-methyl/N-ethyl adjacent to an activating group) is 1. The summed E-state index contributed by atoms with van der Waals surface area (Å²) in [5.74, 6) is 1.00. The van der Waals surface area contributed by atoms with Crippen molar-refractivity contribution in [1.82, 2.24) is 14.5 Å². The Bertz CT molecular complexity index is 515. The predicted molar refractivity (Wildman–Crippen MR) is 75.5 cm³/mol. The van der Waals surface area contributed by atoms with E-state index in [0.29, 0.717) is 0 Å². The summed E-state index contributed by atoms with van der Waals surface area (Å²) in [6.45, 7) is 4.01. The minimum atomic E-state index is 0.0135. The number of nitrogens with two attached hydrogens (primary N) is 1. The van der Waals surface area contributed by atoms with E-state index in [2.05, 4.69) is 47.6 Å². The summed E-state index contributed by atoms with van der Waals surface area (Å²) in [7, 11) is 4.16. The van der Waals surface area contributed by atoms with Crippen molar-refractivity contribution >= 4 is 11.0 Å². The fourth-order valence-corrected chi connectivity index (χ4v) is 2.09. The molecule has 0 amide bonds. The molecule has 2 N–H and O–H groups in total. The Hall–Kier alpha value is -1.39. The first kappa shape index (κ1) is 13.1. The zero-order valence-electron chi connectivity index (χ0n) is 11.4. The van der Waals surface area contributed by atoms with Gasteiger partial charge in [-0.3, -0.25) is 0 Å². The van der Waals surface area contributed by atoms with Crippen LogP contribution in [-0.2, 0) is 6.54 Å². The molecule has 1 unspecified atom stereocenters. The number of para-hydroxylation sites is 2. The topological polar surface area (TPSA) is 47.1 Å². The molecule has 1 aromatic heterocycles. The van der Waals surface area contributed by atoms with E-state index in [9.17, 15) is 0 Å². The number of hydrogen-bond donors (Lipinski definition) is 1. The molecule has 0 spiro atoms. The van der Waals surface area contributed by atoms with E-state index in [4.69, 9.17) is 5.73 Å². The molecule has 98 valence electrons. The van der Waals surface area contributed by atoms with Gasteiger partial charge >= 0.3 is 0 Å². The Morgan fingerprint density at radius 3 is 2.72 bits per heavy atom. The lowest BCUT2D eigenvalue weighted by Gasteiger charge is -2.15. The van der Waals surface area contributed by atoms with Crippen molar-refractivity contribution in [2.75, 3.05) is 20.6 Å². The van der Waals surface area contributed by atoms with E-state index >= 15 is 0 Å². The summed E-state index contributed by atoms with van der Waals surface area (Å²) < 4.78 is 2.25. The minimum absolute atomic E-state index is 0.0135. The van der Waals surface area contributed by atoms with Gasteiger partial charge in [0.2, 0.25) is 0 Å². The van der Waals surface area contributed by atoms with Crippen LogP contribution >= 0.6 is 0 Å². The third-order valence-electron chi connectivity index (χ3n) is 3.23. The standard InChI is InChI=1S/C14H22N4/c1-4-11(15)14-16-12-7-5-6-8-13(12)18(14)10-9-17(2)3/h5-8,11H,4,9-10,15H2,1-3H3. The molecule has 0 aliphatic heterocycles. The van der Waals surface area contributed by atoms with Crippen molar-refractivity contribution in [3.63, 3.8) is 0 Å². The van der Waals surface area contributed by atoms with Crippen LogP contribution in [0.3, 0.4) is 0 Å². The zero-order chi connectivity index (χ0) is 13.1. The van der Waals surface area contributed by atoms with Gasteiger partial charge in [-0.2, -0.15) is 0 Å². The summed E-state index contributed by atoms with van der Waals surface area (Å²) in [4.78, 5) is 6.86. The van der Waals surface area contributed by atoms with Crippen molar-refractivity contribution in [3.8, 4) is 0 Å². The number of imidazole rings is 1. The first-order chi connectivity index (χ1) is 8.63. The molecular formula is C14H22N4. The number of rotatable bonds is 5. The van der Waals surface area contributed by atoms with Crippen molar-refractivity contribution < 1.29 is 0 Å². The lowest BCUT2D eigenvalue weighted by Crippen LogP contribution is -2.22. The first-order valence-electron chi connectivity index (χ1n) is 6.49. The summed E-state index contributed by atoms with van der Waals surface area (Å²) in [5, 5.41) is 0. The molecule has 1 aromatic carbocycles. The maximum atomic E-state index is 6.17. The van der Waals surface area contributed by atoms with Gasteiger partial charge in [0.1, 0.15) is 5.82 Å². The van der Waals surface area contributed by atoms with Crippen molar-refractivity contribution in [2.45, 2.75) is 25.9 Å². The van der Waals surface area contributed by atoms with Crippen LogP contribution in [0.1, 0.15) is 25.2 Å². The van der Waals surface area contributed by atoms with E-state index in [-0.39, 0.29) is 6.04 Å². The highest BCUT2D eigenvalue weighted by molar-refractivity contribution is 5.76. The average molecular weight is 246 g/mol. The summed E-state index contributed by atoms with van der Waals surface area (Å²) >= 11 is 0. The molecule has 0 aliphatic carbocycles. The normalized spacial score (nSPS) is 13.4. The number of nitrogens with zero attached hydrogens (tertiary/aromatic N) is 3. The molecule has 0 aliphatic rings. The second kappa shape index (κ2) is 5.50. The van der Waals surface area contributed by atoms with Gasteiger partial charge in [-0.25, -0.2) is 4.98 Å². The summed E-state index contributed by atoms with van der Waals surface area (Å²) in [6.07, 6.45) is 0.908. The molecule has 0 bridgehead atoms. The number of fused-ring (bicyclic) bond motifs is 1. The van der Waals surface area contributed by atoms with Crippen LogP contribution in [0, 0.1) is 0 Å². The molecule has 1 atom stereocenters. The quantitative estimate of drug-likeness (QED) is 0.878. The van der Waals surface area contributed by atoms with E-state index < -0.39 is 0 Å². The highest BCUT2D eigenvalue weighted by atomic mass is 15.1. The second-order valence-corrected chi connectivity index (χ2v) is 4.93. The molecule has 0 saturated heterocycles. The first-order valence-corrected chi connectivity index (χ1v) is 6.49. The average Bonchev–Trinajstić information content (AvgIpc) is 2.74. The second-order valence-electron chi connectivity index (χ2n) is 4.93. The summed E-state index contributed by atoms with van der Waals surface area (Å²) in [6, 6.07) is 8.25. The predicted octanol–water partition coefficient (Wildman–Crippen LogP) is 2.01. The Kier molecular flexibility index (Phi) is 3.99. The van der Waals surface area contributed by atoms with E-state index in [0.717, 1.165) is 30.9 Å². The molecule has 0 radical (unpaired) electrons. The van der Waals surface area contributed by atoms with Crippen molar-refractivity contribution in [2.24, 2.45) is 5.73 Å². The lowest BCUT2D eigenvalue weighted by atomic mass is 10.2. The maximum absolute atomic E-state index is 6.17.